The average molecular weight is 629 g/mol. The molecule has 3 aromatic rings. The van der Waals surface area contributed by atoms with Crippen LogP contribution in [0.3, 0.4) is 0 Å². The van der Waals surface area contributed by atoms with Crippen LogP contribution < -0.4 is 0 Å². The van der Waals surface area contributed by atoms with Crippen molar-refractivity contribution in [3.05, 3.63) is 85.5 Å². The Morgan fingerprint density at radius 2 is 1.78 bits per heavy atom. The number of hydrogen-bond acceptors (Lipinski definition) is 7. The lowest BCUT2D eigenvalue weighted by Gasteiger charge is -2.41. The maximum atomic E-state index is 14.8. The molecule has 3 saturated heterocycles. The lowest BCUT2D eigenvalue weighted by Crippen LogP contribution is -2.57. The summed E-state index contributed by atoms with van der Waals surface area (Å²) in [6.45, 7) is 11.2. The van der Waals surface area contributed by atoms with Gasteiger partial charge in [-0.05, 0) is 36.5 Å². The van der Waals surface area contributed by atoms with E-state index in [-0.39, 0.29) is 55.3 Å². The van der Waals surface area contributed by atoms with Crippen molar-refractivity contribution in [2.24, 2.45) is 17.8 Å². The zero-order chi connectivity index (χ0) is 31.7. The molecule has 0 aliphatic carbocycles. The second-order valence-electron chi connectivity index (χ2n) is 12.2. The van der Waals surface area contributed by atoms with Crippen LogP contribution in [-0.2, 0) is 27.6 Å². The number of carbonyl (C=O) groups is 3. The number of carbonyl (C=O) groups excluding carboxylic acids is 3. The van der Waals surface area contributed by atoms with Gasteiger partial charge in [-0.15, -0.1) is 30.0 Å². The van der Waals surface area contributed by atoms with Gasteiger partial charge >= 0.3 is 0 Å². The number of nitrogens with zero attached hydrogens (tertiary/aromatic N) is 6. The van der Waals surface area contributed by atoms with E-state index < -0.39 is 22.6 Å². The van der Waals surface area contributed by atoms with E-state index in [1.165, 1.54) is 0 Å². The molecule has 236 valence electrons. The van der Waals surface area contributed by atoms with Crippen LogP contribution in [0.5, 0.6) is 0 Å². The number of aliphatic hydroxyl groups excluding tert-OH is 1. The summed E-state index contributed by atoms with van der Waals surface area (Å²) in [5.41, 5.74) is 2.52. The summed E-state index contributed by atoms with van der Waals surface area (Å²) in [7, 11) is 0. The molecule has 0 radical (unpaired) electrons. The minimum Gasteiger partial charge on any atom is -0.396 e. The first-order chi connectivity index (χ1) is 21.8. The average Bonchev–Trinajstić information content (AvgIpc) is 3.77. The third-order valence-corrected chi connectivity index (χ3v) is 11.7. The van der Waals surface area contributed by atoms with E-state index in [1.54, 1.807) is 43.3 Å². The quantitative estimate of drug-likeness (QED) is 0.289. The van der Waals surface area contributed by atoms with Gasteiger partial charge < -0.3 is 19.8 Å². The minimum absolute atomic E-state index is 0.0262. The summed E-state index contributed by atoms with van der Waals surface area (Å²) in [4.78, 5) is 48.8. The van der Waals surface area contributed by atoms with Crippen molar-refractivity contribution in [3.63, 3.8) is 0 Å². The van der Waals surface area contributed by atoms with Crippen LogP contribution in [0.4, 0.5) is 0 Å². The molecule has 1 aromatic heterocycles. The fourth-order valence-corrected chi connectivity index (χ4v) is 10.1. The Morgan fingerprint density at radius 1 is 1.07 bits per heavy atom. The first-order valence-electron chi connectivity index (χ1n) is 15.6. The van der Waals surface area contributed by atoms with E-state index in [0.717, 1.165) is 23.0 Å². The summed E-state index contributed by atoms with van der Waals surface area (Å²) in [5, 5.41) is 18.2. The Morgan fingerprint density at radius 3 is 2.51 bits per heavy atom. The van der Waals surface area contributed by atoms with Gasteiger partial charge in [-0.25, -0.2) is 4.68 Å². The predicted octanol–water partition coefficient (Wildman–Crippen LogP) is 3.34. The van der Waals surface area contributed by atoms with Crippen LogP contribution >= 0.6 is 11.8 Å². The Balaban J connectivity index is 1.36. The maximum absolute atomic E-state index is 14.8. The molecule has 45 heavy (non-hydrogen) atoms. The van der Waals surface area contributed by atoms with Gasteiger partial charge in [-0.1, -0.05) is 66.8 Å². The zero-order valence-electron chi connectivity index (χ0n) is 25.6. The first kappa shape index (κ1) is 31.0. The van der Waals surface area contributed by atoms with Gasteiger partial charge in [0, 0.05) is 38.0 Å². The Bertz CT molecular complexity index is 1600. The Labute approximate surface area is 267 Å². The Hall–Kier alpha value is -3.96. The van der Waals surface area contributed by atoms with Gasteiger partial charge in [0.05, 0.1) is 22.1 Å². The van der Waals surface area contributed by atoms with Crippen LogP contribution in [-0.4, -0.2) is 94.8 Å². The molecule has 10 nitrogen and oxygen atoms in total. The molecule has 3 unspecified atom stereocenters. The number of benzene rings is 2. The largest absolute Gasteiger partial charge is 0.396 e. The molecular formula is C34H40N6O4S. The topological polar surface area (TPSA) is 112 Å². The van der Waals surface area contributed by atoms with Gasteiger partial charge in [0.15, 0.2) is 0 Å². The third-order valence-electron chi connectivity index (χ3n) is 9.59. The molecule has 1 N–H and O–H groups in total. The van der Waals surface area contributed by atoms with Crippen molar-refractivity contribution in [1.82, 2.24) is 29.7 Å². The highest BCUT2D eigenvalue weighted by atomic mass is 32.2. The maximum Gasteiger partial charge on any atom is 0.248 e. The lowest BCUT2D eigenvalue weighted by molar-refractivity contribution is -0.145. The van der Waals surface area contributed by atoms with E-state index in [1.807, 2.05) is 54.6 Å². The molecule has 3 fully saturated rings. The highest BCUT2D eigenvalue weighted by Crippen LogP contribution is 2.69. The third kappa shape index (κ3) is 5.25. The molecular weight excluding hydrogens is 588 g/mol. The molecule has 6 rings (SSSR count). The zero-order valence-corrected chi connectivity index (χ0v) is 26.4. The number of hydrogen-bond donors (Lipinski definition) is 1. The van der Waals surface area contributed by atoms with Crippen molar-refractivity contribution >= 4 is 40.5 Å². The number of aromatic nitrogens is 3. The number of amides is 3. The van der Waals surface area contributed by atoms with Crippen molar-refractivity contribution in [3.8, 4) is 0 Å². The molecule has 6 atom stereocenters. The van der Waals surface area contributed by atoms with Crippen LogP contribution in [0.1, 0.15) is 25.3 Å². The number of aliphatic hydroxyl groups is 1. The van der Waals surface area contributed by atoms with Crippen LogP contribution in [0.25, 0.3) is 11.0 Å². The predicted molar refractivity (Wildman–Crippen MR) is 174 cm³/mol. The highest BCUT2D eigenvalue weighted by Gasteiger charge is 2.76. The molecule has 3 amide bonds. The second-order valence-corrected chi connectivity index (χ2v) is 13.8. The normalized spacial score (nSPS) is 26.7. The van der Waals surface area contributed by atoms with E-state index in [4.69, 9.17) is 0 Å². The SMILES string of the molecule is C=CCN(Cn1nnc2ccccc21)C(=O)C1N(CCCO)C(=O)[C@@H]2[C@@H](C(=O)N(CC=C)Cc3ccccc3)[C@H]3CC(C)C12S3. The first-order valence-corrected chi connectivity index (χ1v) is 16.4. The van der Waals surface area contributed by atoms with Gasteiger partial charge in [-0.3, -0.25) is 14.4 Å². The van der Waals surface area contributed by atoms with Crippen LogP contribution in [0.2, 0.25) is 0 Å². The van der Waals surface area contributed by atoms with E-state index >= 15 is 0 Å². The molecule has 3 aliphatic heterocycles. The molecule has 11 heteroatoms. The molecule has 4 heterocycles. The molecule has 1 spiro atoms. The van der Waals surface area contributed by atoms with E-state index in [9.17, 15) is 19.5 Å². The smallest absolute Gasteiger partial charge is 0.248 e. The molecule has 0 saturated carbocycles. The summed E-state index contributed by atoms with van der Waals surface area (Å²) in [5.74, 6) is -1.62. The summed E-state index contributed by atoms with van der Waals surface area (Å²) in [6.07, 6.45) is 4.47. The van der Waals surface area contributed by atoms with Crippen molar-refractivity contribution in [1.29, 1.82) is 0 Å². The fraction of sp³-hybridized carbons (Fsp3) is 0.441. The van der Waals surface area contributed by atoms with Gasteiger partial charge in [0.25, 0.3) is 0 Å². The summed E-state index contributed by atoms with van der Waals surface area (Å²) in [6, 6.07) is 16.6. The van der Waals surface area contributed by atoms with Crippen molar-refractivity contribution < 1.29 is 19.5 Å². The number of likely N-dealkylation sites (tertiary alicyclic amines) is 1. The van der Waals surface area contributed by atoms with Gasteiger partial charge in [0.1, 0.15) is 18.2 Å². The van der Waals surface area contributed by atoms with E-state index in [2.05, 4.69) is 30.4 Å². The standard InChI is InChI=1S/C34H40N6O4S/c1-4-16-37(21-24-12-7-6-8-13-24)31(42)28-27-20-23(3)34(45-27)29(28)32(43)39(18-11-19-41)30(34)33(44)38(17-5-2)22-40-26-15-10-9-14-25(26)35-36-40/h4-10,12-15,23,27-30,41H,1-2,11,16-22H2,3H3/t23?,27-,28+,29+,30?,34?/m1/s1. The van der Waals surface area contributed by atoms with Crippen molar-refractivity contribution in [2.75, 3.05) is 26.2 Å². The van der Waals surface area contributed by atoms with Crippen molar-refractivity contribution in [2.45, 2.75) is 49.0 Å². The number of para-hydroxylation sites is 1. The lowest BCUT2D eigenvalue weighted by atomic mass is 9.65. The van der Waals surface area contributed by atoms with E-state index in [0.29, 0.717) is 19.5 Å². The van der Waals surface area contributed by atoms with Gasteiger partial charge in [0.2, 0.25) is 17.7 Å². The van der Waals surface area contributed by atoms with Crippen LogP contribution in [0, 0.1) is 17.8 Å². The number of rotatable bonds is 13. The van der Waals surface area contributed by atoms with Crippen LogP contribution in [0.15, 0.2) is 79.9 Å². The summed E-state index contributed by atoms with van der Waals surface area (Å²) >= 11 is 1.65. The molecule has 2 aromatic carbocycles. The minimum atomic E-state index is -0.791. The molecule has 3 aliphatic rings. The number of thioether (sulfide) groups is 1. The fourth-order valence-electron chi connectivity index (χ4n) is 7.70. The Kier molecular flexibility index (Phi) is 8.83. The monoisotopic (exact) mass is 628 g/mol. The summed E-state index contributed by atoms with van der Waals surface area (Å²) < 4.78 is 0.914. The second kappa shape index (κ2) is 12.8. The van der Waals surface area contributed by atoms with Gasteiger partial charge in [-0.2, -0.15) is 0 Å². The molecule has 2 bridgehead atoms. The highest BCUT2D eigenvalue weighted by molar-refractivity contribution is 8.02. The number of fused-ring (bicyclic) bond motifs is 2.